The molecule has 0 unspecified atom stereocenters. The Balaban J connectivity index is 2.23. The minimum absolute atomic E-state index is 0.132. The summed E-state index contributed by atoms with van der Waals surface area (Å²) >= 11 is 7.17. The van der Waals surface area contributed by atoms with E-state index >= 15 is 0 Å². The molecule has 0 radical (unpaired) electrons. The van der Waals surface area contributed by atoms with Gasteiger partial charge in [0.25, 0.3) is 10.0 Å². The van der Waals surface area contributed by atoms with Crippen LogP contribution < -0.4 is 4.80 Å². The van der Waals surface area contributed by atoms with E-state index in [-0.39, 0.29) is 4.90 Å². The third-order valence-electron chi connectivity index (χ3n) is 3.80. The van der Waals surface area contributed by atoms with E-state index in [1.54, 1.807) is 12.1 Å². The summed E-state index contributed by atoms with van der Waals surface area (Å²) < 4.78 is 31.8. The number of rotatable bonds is 2. The predicted molar refractivity (Wildman–Crippen MR) is 94.5 cm³/mol. The quantitative estimate of drug-likeness (QED) is 0.692. The van der Waals surface area contributed by atoms with Crippen LogP contribution >= 0.6 is 22.9 Å². The van der Waals surface area contributed by atoms with Crippen LogP contribution in [0.5, 0.6) is 0 Å². The molecule has 0 fully saturated rings. The van der Waals surface area contributed by atoms with Crippen molar-refractivity contribution in [3.63, 3.8) is 0 Å². The predicted octanol–water partition coefficient (Wildman–Crippen LogP) is 3.80. The van der Waals surface area contributed by atoms with Gasteiger partial charge < -0.3 is 4.57 Å². The summed E-state index contributed by atoms with van der Waals surface area (Å²) in [5.74, 6) is 0. The molecule has 2 aromatic carbocycles. The van der Waals surface area contributed by atoms with Crippen LogP contribution in [0.2, 0.25) is 5.02 Å². The molecule has 0 N–H and O–H groups in total. The van der Waals surface area contributed by atoms with Crippen LogP contribution in [-0.4, -0.2) is 13.0 Å². The van der Waals surface area contributed by atoms with Gasteiger partial charge >= 0.3 is 0 Å². The fourth-order valence-electron chi connectivity index (χ4n) is 2.38. The van der Waals surface area contributed by atoms with E-state index in [0.29, 0.717) is 9.82 Å². The van der Waals surface area contributed by atoms with E-state index in [2.05, 4.69) is 4.40 Å². The van der Waals surface area contributed by atoms with Gasteiger partial charge in [0.05, 0.1) is 15.1 Å². The summed E-state index contributed by atoms with van der Waals surface area (Å²) in [4.78, 5) is 0.580. The molecule has 23 heavy (non-hydrogen) atoms. The maximum atomic E-state index is 12.5. The average molecular weight is 367 g/mol. The first-order chi connectivity index (χ1) is 10.8. The molecule has 0 bridgehead atoms. The summed E-state index contributed by atoms with van der Waals surface area (Å²) in [6.45, 7) is 4.07. The maximum Gasteiger partial charge on any atom is 0.285 e. The molecular weight excluding hydrogens is 352 g/mol. The molecule has 0 saturated heterocycles. The van der Waals surface area contributed by atoms with Gasteiger partial charge in [0.15, 0.2) is 0 Å². The zero-order valence-electron chi connectivity index (χ0n) is 12.9. The molecule has 3 aromatic rings. The summed E-state index contributed by atoms with van der Waals surface area (Å²) in [5.41, 5.74) is 3.31. The van der Waals surface area contributed by atoms with Gasteiger partial charge in [-0.25, -0.2) is 0 Å². The van der Waals surface area contributed by atoms with Gasteiger partial charge in [0.2, 0.25) is 4.80 Å². The fraction of sp³-hybridized carbons (Fsp3) is 0.188. The zero-order valence-corrected chi connectivity index (χ0v) is 15.3. The second-order valence-corrected chi connectivity index (χ2v) is 8.37. The summed E-state index contributed by atoms with van der Waals surface area (Å²) in [7, 11) is -1.93. The van der Waals surface area contributed by atoms with Crippen molar-refractivity contribution in [1.82, 2.24) is 4.57 Å². The molecule has 0 aliphatic rings. The van der Waals surface area contributed by atoms with Crippen molar-refractivity contribution in [2.75, 3.05) is 0 Å². The van der Waals surface area contributed by atoms with Gasteiger partial charge in [0.1, 0.15) is 0 Å². The molecule has 0 aliphatic heterocycles. The Morgan fingerprint density at radius 3 is 2.39 bits per heavy atom. The standard InChI is InChI=1S/C16H15ClN2O2S2/c1-10-4-9-14-15(11(10)2)19(3)16(22-14)18-23(20,21)13-7-5-12(17)6-8-13/h4-9H,1-3H3/b18-16-. The third kappa shape index (κ3) is 2.94. The minimum Gasteiger partial charge on any atom is -0.319 e. The zero-order chi connectivity index (χ0) is 16.8. The van der Waals surface area contributed by atoms with E-state index in [1.165, 1.54) is 23.5 Å². The molecule has 0 atom stereocenters. The monoisotopic (exact) mass is 366 g/mol. The van der Waals surface area contributed by atoms with E-state index in [0.717, 1.165) is 21.3 Å². The Morgan fingerprint density at radius 1 is 1.09 bits per heavy atom. The first-order valence-corrected chi connectivity index (χ1v) is 9.55. The molecule has 4 nitrogen and oxygen atoms in total. The second kappa shape index (κ2) is 5.78. The SMILES string of the molecule is Cc1ccc2s/c(=N\S(=O)(=O)c3ccc(Cl)cc3)n(C)c2c1C. The first kappa shape index (κ1) is 16.2. The highest BCUT2D eigenvalue weighted by Gasteiger charge is 2.14. The number of hydrogen-bond acceptors (Lipinski definition) is 3. The molecule has 0 aliphatic carbocycles. The molecule has 1 heterocycles. The van der Waals surface area contributed by atoms with E-state index < -0.39 is 10.0 Å². The van der Waals surface area contributed by atoms with Crippen molar-refractivity contribution in [3.8, 4) is 0 Å². The molecular formula is C16H15ClN2O2S2. The van der Waals surface area contributed by atoms with Crippen molar-refractivity contribution < 1.29 is 8.42 Å². The number of fused-ring (bicyclic) bond motifs is 1. The van der Waals surface area contributed by atoms with Gasteiger partial charge in [-0.15, -0.1) is 4.40 Å². The van der Waals surface area contributed by atoms with Gasteiger partial charge in [0, 0.05) is 12.1 Å². The topological polar surface area (TPSA) is 51.4 Å². The fourth-order valence-corrected chi connectivity index (χ4v) is 4.81. The van der Waals surface area contributed by atoms with Crippen LogP contribution in [0.15, 0.2) is 45.7 Å². The average Bonchev–Trinajstić information content (AvgIpc) is 2.80. The van der Waals surface area contributed by atoms with Gasteiger partial charge in [-0.3, -0.25) is 0 Å². The number of sulfonamides is 1. The highest BCUT2D eigenvalue weighted by atomic mass is 35.5. The lowest BCUT2D eigenvalue weighted by Gasteiger charge is -2.03. The smallest absolute Gasteiger partial charge is 0.285 e. The Labute approximate surface area is 143 Å². The summed E-state index contributed by atoms with van der Waals surface area (Å²) in [5, 5.41) is 0.488. The van der Waals surface area contributed by atoms with Crippen LogP contribution in [0.25, 0.3) is 10.2 Å². The highest BCUT2D eigenvalue weighted by Crippen LogP contribution is 2.23. The highest BCUT2D eigenvalue weighted by molar-refractivity contribution is 7.90. The van der Waals surface area contributed by atoms with Gasteiger partial charge in [-0.2, -0.15) is 8.42 Å². The number of nitrogens with zero attached hydrogens (tertiary/aromatic N) is 2. The van der Waals surface area contributed by atoms with E-state index in [9.17, 15) is 8.42 Å². The second-order valence-electron chi connectivity index (χ2n) is 5.32. The Hall–Kier alpha value is -1.63. The molecule has 1 aromatic heterocycles. The number of hydrogen-bond donors (Lipinski definition) is 0. The summed E-state index contributed by atoms with van der Waals surface area (Å²) in [6.07, 6.45) is 0. The van der Waals surface area contributed by atoms with Crippen molar-refractivity contribution in [1.29, 1.82) is 0 Å². The molecule has 3 rings (SSSR count). The van der Waals surface area contributed by atoms with Crippen LogP contribution in [-0.2, 0) is 17.1 Å². The van der Waals surface area contributed by atoms with Gasteiger partial charge in [-0.05, 0) is 55.3 Å². The molecule has 7 heteroatoms. The first-order valence-electron chi connectivity index (χ1n) is 6.92. The van der Waals surface area contributed by atoms with Crippen LogP contribution in [0, 0.1) is 13.8 Å². The number of aryl methyl sites for hydroxylation is 3. The molecule has 0 spiro atoms. The molecule has 120 valence electrons. The van der Waals surface area contributed by atoms with Crippen molar-refractivity contribution in [2.45, 2.75) is 18.7 Å². The van der Waals surface area contributed by atoms with E-state index in [4.69, 9.17) is 11.6 Å². The number of halogens is 1. The van der Waals surface area contributed by atoms with E-state index in [1.807, 2.05) is 37.6 Å². The lowest BCUT2D eigenvalue weighted by atomic mass is 10.1. The van der Waals surface area contributed by atoms with Crippen molar-refractivity contribution in [3.05, 3.63) is 57.3 Å². The van der Waals surface area contributed by atoms with Gasteiger partial charge in [-0.1, -0.05) is 29.0 Å². The number of aromatic nitrogens is 1. The van der Waals surface area contributed by atoms with Crippen LogP contribution in [0.1, 0.15) is 11.1 Å². The lowest BCUT2D eigenvalue weighted by molar-refractivity contribution is 0.596. The Bertz CT molecular complexity index is 1060. The Morgan fingerprint density at radius 2 is 1.74 bits per heavy atom. The number of thiazole rings is 1. The Kier molecular flexibility index (Phi) is 4.08. The number of benzene rings is 2. The van der Waals surface area contributed by atoms with Crippen LogP contribution in [0.3, 0.4) is 0 Å². The largest absolute Gasteiger partial charge is 0.319 e. The molecule has 0 saturated carbocycles. The lowest BCUT2D eigenvalue weighted by Crippen LogP contribution is -2.14. The third-order valence-corrected chi connectivity index (χ3v) is 6.54. The maximum absolute atomic E-state index is 12.5. The van der Waals surface area contributed by atoms with Crippen molar-refractivity contribution >= 4 is 43.2 Å². The van der Waals surface area contributed by atoms with Crippen LogP contribution in [0.4, 0.5) is 0 Å². The molecule has 0 amide bonds. The minimum atomic E-state index is -3.77. The van der Waals surface area contributed by atoms with Crippen molar-refractivity contribution in [2.24, 2.45) is 11.4 Å². The normalized spacial score (nSPS) is 13.0. The summed E-state index contributed by atoms with van der Waals surface area (Å²) in [6, 6.07) is 10.0.